The quantitative estimate of drug-likeness (QED) is 0.881. The van der Waals surface area contributed by atoms with Crippen LogP contribution < -0.4 is 10.1 Å². The molecule has 136 valence electrons. The molecule has 0 radical (unpaired) electrons. The fraction of sp³-hybridized carbons (Fsp3) is 0.650. The van der Waals surface area contributed by atoms with Crippen LogP contribution in [0.15, 0.2) is 24.3 Å². The number of fused-ring (bicyclic) bond motifs is 1. The van der Waals surface area contributed by atoms with Gasteiger partial charge in [0.15, 0.2) is 0 Å². The average molecular weight is 344 g/mol. The number of likely N-dealkylation sites (tertiary alicyclic amines) is 1. The lowest BCUT2D eigenvalue weighted by atomic mass is 9.89. The lowest BCUT2D eigenvalue weighted by Gasteiger charge is -2.41. The smallest absolute Gasteiger partial charge is 0.231 e. The Balaban J connectivity index is 1.30. The van der Waals surface area contributed by atoms with Gasteiger partial charge in [-0.15, -0.1) is 0 Å². The van der Waals surface area contributed by atoms with Crippen molar-refractivity contribution in [2.45, 2.75) is 62.6 Å². The van der Waals surface area contributed by atoms with E-state index in [0.717, 1.165) is 56.5 Å². The van der Waals surface area contributed by atoms with Gasteiger partial charge >= 0.3 is 0 Å². The molecule has 1 saturated heterocycles. The highest BCUT2D eigenvalue weighted by molar-refractivity contribution is 5.85. The van der Waals surface area contributed by atoms with Gasteiger partial charge in [0.05, 0.1) is 6.10 Å². The first-order valence-electron chi connectivity index (χ1n) is 9.66. The molecule has 2 aliphatic heterocycles. The molecule has 0 aromatic heterocycles. The molecule has 3 atom stereocenters. The number of benzene rings is 1. The first-order chi connectivity index (χ1) is 12.2. The summed E-state index contributed by atoms with van der Waals surface area (Å²) >= 11 is 0. The summed E-state index contributed by atoms with van der Waals surface area (Å²) in [6.45, 7) is 2.37. The second-order valence-corrected chi connectivity index (χ2v) is 7.64. The number of amides is 1. The second kappa shape index (κ2) is 7.34. The van der Waals surface area contributed by atoms with Crippen molar-refractivity contribution in [2.75, 3.05) is 19.7 Å². The molecule has 5 heteroatoms. The molecule has 5 nitrogen and oxygen atoms in total. The fourth-order valence-electron chi connectivity index (χ4n) is 4.57. The standard InChI is InChI=1S/C20H28N2O3/c23-18-7-3-2-6-17(18)22-11-9-14(10-12-22)21-20(24)16-13-25-19-8-4-1-5-15(16)19/h1,4-5,8,14,16-18,23H,2-3,6-7,9-13H2,(H,21,24). The fourth-order valence-corrected chi connectivity index (χ4v) is 4.57. The van der Waals surface area contributed by atoms with Crippen LogP contribution in [0, 0.1) is 0 Å². The number of nitrogens with zero attached hydrogens (tertiary/aromatic N) is 1. The van der Waals surface area contributed by atoms with Crippen LogP contribution in [0.1, 0.15) is 50.0 Å². The zero-order valence-corrected chi connectivity index (χ0v) is 14.7. The van der Waals surface area contributed by atoms with Gasteiger partial charge in [-0.2, -0.15) is 0 Å². The van der Waals surface area contributed by atoms with Crippen LogP contribution in [0.3, 0.4) is 0 Å². The molecule has 1 aromatic rings. The number of aliphatic hydroxyl groups excluding tert-OH is 1. The Hall–Kier alpha value is -1.59. The van der Waals surface area contributed by atoms with Crippen molar-refractivity contribution in [2.24, 2.45) is 0 Å². The summed E-state index contributed by atoms with van der Waals surface area (Å²) < 4.78 is 5.63. The van der Waals surface area contributed by atoms with E-state index in [1.807, 2.05) is 24.3 Å². The lowest BCUT2D eigenvalue weighted by Crippen LogP contribution is -2.52. The van der Waals surface area contributed by atoms with Crippen molar-refractivity contribution in [3.63, 3.8) is 0 Å². The molecule has 3 unspecified atom stereocenters. The Bertz CT molecular complexity index is 613. The molecule has 2 heterocycles. The van der Waals surface area contributed by atoms with E-state index in [0.29, 0.717) is 12.6 Å². The highest BCUT2D eigenvalue weighted by Crippen LogP contribution is 2.34. The molecule has 3 aliphatic rings. The summed E-state index contributed by atoms with van der Waals surface area (Å²) in [6.07, 6.45) is 6.16. The topological polar surface area (TPSA) is 61.8 Å². The van der Waals surface area contributed by atoms with E-state index in [1.54, 1.807) is 0 Å². The van der Waals surface area contributed by atoms with E-state index in [4.69, 9.17) is 4.74 Å². The van der Waals surface area contributed by atoms with E-state index >= 15 is 0 Å². The zero-order valence-electron chi connectivity index (χ0n) is 14.7. The summed E-state index contributed by atoms with van der Waals surface area (Å²) in [6, 6.07) is 8.37. The number of hydrogen-bond donors (Lipinski definition) is 2. The van der Waals surface area contributed by atoms with E-state index in [1.165, 1.54) is 6.42 Å². The number of carbonyl (C=O) groups is 1. The summed E-state index contributed by atoms with van der Waals surface area (Å²) in [4.78, 5) is 15.1. The monoisotopic (exact) mass is 344 g/mol. The normalized spacial score (nSPS) is 30.5. The molecule has 25 heavy (non-hydrogen) atoms. The Morgan fingerprint density at radius 1 is 1.12 bits per heavy atom. The van der Waals surface area contributed by atoms with Crippen LogP contribution in [-0.2, 0) is 4.79 Å². The predicted octanol–water partition coefficient (Wildman–Crippen LogP) is 2.05. The molecule has 2 N–H and O–H groups in total. The molecule has 1 amide bonds. The molecule has 2 fully saturated rings. The molecule has 1 saturated carbocycles. The number of rotatable bonds is 3. The van der Waals surface area contributed by atoms with Crippen LogP contribution in [0.5, 0.6) is 5.75 Å². The molecule has 1 aliphatic carbocycles. The Morgan fingerprint density at radius 3 is 2.68 bits per heavy atom. The van der Waals surface area contributed by atoms with Gasteiger partial charge in [0, 0.05) is 30.7 Å². The van der Waals surface area contributed by atoms with Gasteiger partial charge in [0.25, 0.3) is 0 Å². The number of hydrogen-bond acceptors (Lipinski definition) is 4. The third kappa shape index (κ3) is 3.53. The van der Waals surface area contributed by atoms with E-state index in [9.17, 15) is 9.90 Å². The van der Waals surface area contributed by atoms with Gasteiger partial charge in [-0.25, -0.2) is 0 Å². The number of para-hydroxylation sites is 1. The minimum absolute atomic E-state index is 0.0844. The predicted molar refractivity (Wildman–Crippen MR) is 95.7 cm³/mol. The number of piperidine rings is 1. The minimum Gasteiger partial charge on any atom is -0.492 e. The van der Waals surface area contributed by atoms with Crippen LogP contribution >= 0.6 is 0 Å². The number of aliphatic hydroxyl groups is 1. The SMILES string of the molecule is O=C(NC1CCN(C2CCCCC2O)CC1)C1COc2ccccc21. The van der Waals surface area contributed by atoms with Crippen molar-refractivity contribution in [1.29, 1.82) is 0 Å². The van der Waals surface area contributed by atoms with E-state index in [-0.39, 0.29) is 24.0 Å². The largest absolute Gasteiger partial charge is 0.492 e. The van der Waals surface area contributed by atoms with Crippen molar-refractivity contribution in [3.8, 4) is 5.75 Å². The lowest BCUT2D eigenvalue weighted by molar-refractivity contribution is -0.123. The number of ether oxygens (including phenoxy) is 1. The van der Waals surface area contributed by atoms with Crippen molar-refractivity contribution < 1.29 is 14.6 Å². The molecular weight excluding hydrogens is 316 g/mol. The van der Waals surface area contributed by atoms with Gasteiger partial charge in [-0.3, -0.25) is 9.69 Å². The van der Waals surface area contributed by atoms with Gasteiger partial charge < -0.3 is 15.2 Å². The van der Waals surface area contributed by atoms with Crippen LogP contribution in [0.2, 0.25) is 0 Å². The van der Waals surface area contributed by atoms with Crippen LogP contribution in [0.25, 0.3) is 0 Å². The molecular formula is C20H28N2O3. The van der Waals surface area contributed by atoms with E-state index < -0.39 is 0 Å². The van der Waals surface area contributed by atoms with Gasteiger partial charge in [0.1, 0.15) is 18.3 Å². The highest BCUT2D eigenvalue weighted by atomic mass is 16.5. The van der Waals surface area contributed by atoms with Gasteiger partial charge in [-0.05, 0) is 31.7 Å². The zero-order chi connectivity index (χ0) is 17.2. The Morgan fingerprint density at radius 2 is 1.88 bits per heavy atom. The van der Waals surface area contributed by atoms with Gasteiger partial charge in [0.2, 0.25) is 5.91 Å². The van der Waals surface area contributed by atoms with Crippen molar-refractivity contribution in [1.82, 2.24) is 10.2 Å². The second-order valence-electron chi connectivity index (χ2n) is 7.64. The maximum Gasteiger partial charge on any atom is 0.231 e. The molecule has 4 rings (SSSR count). The Kier molecular flexibility index (Phi) is 4.95. The number of carbonyl (C=O) groups excluding carboxylic acids is 1. The maximum atomic E-state index is 12.7. The maximum absolute atomic E-state index is 12.7. The van der Waals surface area contributed by atoms with Gasteiger partial charge in [-0.1, -0.05) is 31.0 Å². The average Bonchev–Trinajstić information content (AvgIpc) is 3.07. The van der Waals surface area contributed by atoms with E-state index in [2.05, 4.69) is 10.2 Å². The van der Waals surface area contributed by atoms with Crippen molar-refractivity contribution in [3.05, 3.63) is 29.8 Å². The van der Waals surface area contributed by atoms with Crippen LogP contribution in [-0.4, -0.2) is 53.8 Å². The summed E-state index contributed by atoms with van der Waals surface area (Å²) in [5.74, 6) is 0.735. The molecule has 0 spiro atoms. The highest BCUT2D eigenvalue weighted by Gasteiger charge is 2.34. The van der Waals surface area contributed by atoms with Crippen molar-refractivity contribution >= 4 is 5.91 Å². The summed E-state index contributed by atoms with van der Waals surface area (Å²) in [5, 5.41) is 13.5. The summed E-state index contributed by atoms with van der Waals surface area (Å²) in [7, 11) is 0. The molecule has 1 aromatic carbocycles. The number of nitrogens with one attached hydrogen (secondary N) is 1. The Labute approximate surface area is 149 Å². The first kappa shape index (κ1) is 16.9. The third-order valence-electron chi connectivity index (χ3n) is 6.06. The molecule has 0 bridgehead atoms. The third-order valence-corrected chi connectivity index (χ3v) is 6.06. The first-order valence-corrected chi connectivity index (χ1v) is 9.66. The summed E-state index contributed by atoms with van der Waals surface area (Å²) in [5.41, 5.74) is 1.00. The minimum atomic E-state index is -0.186. The van der Waals surface area contributed by atoms with Crippen LogP contribution in [0.4, 0.5) is 0 Å².